The monoisotopic (exact) mass is 471 g/mol. The molecule has 1 fully saturated rings. The standard InChI is InChI=1S/C27H26FN5S/c28-19-11-9-18(10-12-19)25-26(23-15-16-29-27(31-23)30-20-5-4-6-20)33-21(13-14-24(33)32-25)17-34-22-7-2-1-3-8-22/h1-3,7-12,15-16,20-21H,4-6,13-14,17H2,(H,29,30,31)/t21-/m0/s1. The quantitative estimate of drug-likeness (QED) is 0.317. The molecule has 2 aliphatic rings. The van der Waals surface area contributed by atoms with Gasteiger partial charge in [0, 0.05) is 40.9 Å². The highest BCUT2D eigenvalue weighted by atomic mass is 32.2. The van der Waals surface area contributed by atoms with Gasteiger partial charge in [0.2, 0.25) is 5.95 Å². The molecule has 4 aromatic rings. The fourth-order valence-electron chi connectivity index (χ4n) is 4.69. The van der Waals surface area contributed by atoms with Crippen LogP contribution in [0.3, 0.4) is 0 Å². The normalized spacial score (nSPS) is 17.4. The summed E-state index contributed by atoms with van der Waals surface area (Å²) in [4.78, 5) is 15.7. The lowest BCUT2D eigenvalue weighted by molar-refractivity contribution is 0.443. The van der Waals surface area contributed by atoms with Crippen LogP contribution in [0.4, 0.5) is 10.3 Å². The van der Waals surface area contributed by atoms with E-state index in [-0.39, 0.29) is 5.82 Å². The minimum absolute atomic E-state index is 0.247. The molecular weight excluding hydrogens is 445 g/mol. The molecule has 1 aliphatic carbocycles. The van der Waals surface area contributed by atoms with Crippen LogP contribution in [0.15, 0.2) is 71.8 Å². The first-order valence-corrected chi connectivity index (χ1v) is 12.9. The molecule has 1 saturated carbocycles. The molecule has 34 heavy (non-hydrogen) atoms. The highest BCUT2D eigenvalue weighted by molar-refractivity contribution is 7.99. The van der Waals surface area contributed by atoms with Crippen molar-refractivity contribution >= 4 is 17.7 Å². The average Bonchev–Trinajstić information content (AvgIpc) is 3.41. The Bertz CT molecular complexity index is 1280. The number of aryl methyl sites for hydroxylation is 1. The summed E-state index contributed by atoms with van der Waals surface area (Å²) in [5, 5.41) is 3.47. The largest absolute Gasteiger partial charge is 0.351 e. The smallest absolute Gasteiger partial charge is 0.223 e. The summed E-state index contributed by atoms with van der Waals surface area (Å²) in [5.74, 6) is 2.45. The molecule has 5 nitrogen and oxygen atoms in total. The van der Waals surface area contributed by atoms with Crippen molar-refractivity contribution < 1.29 is 4.39 Å². The van der Waals surface area contributed by atoms with E-state index in [4.69, 9.17) is 9.97 Å². The van der Waals surface area contributed by atoms with Gasteiger partial charge in [0.05, 0.1) is 17.1 Å². The van der Waals surface area contributed by atoms with Crippen LogP contribution in [-0.4, -0.2) is 31.3 Å². The number of halogens is 1. The van der Waals surface area contributed by atoms with Crippen molar-refractivity contribution in [1.29, 1.82) is 0 Å². The summed E-state index contributed by atoms with van der Waals surface area (Å²) in [6.07, 6.45) is 7.37. The van der Waals surface area contributed by atoms with Crippen LogP contribution in [0.25, 0.3) is 22.6 Å². The lowest BCUT2D eigenvalue weighted by Gasteiger charge is -2.26. The molecule has 0 spiro atoms. The lowest BCUT2D eigenvalue weighted by atomic mass is 9.93. The van der Waals surface area contributed by atoms with Gasteiger partial charge < -0.3 is 9.88 Å². The Morgan fingerprint density at radius 2 is 1.79 bits per heavy atom. The van der Waals surface area contributed by atoms with Crippen molar-refractivity contribution in [2.45, 2.75) is 49.1 Å². The molecule has 3 heterocycles. The summed E-state index contributed by atoms with van der Waals surface area (Å²) in [6.45, 7) is 0. The van der Waals surface area contributed by atoms with Crippen LogP contribution in [-0.2, 0) is 6.42 Å². The van der Waals surface area contributed by atoms with Gasteiger partial charge in [-0.3, -0.25) is 0 Å². The van der Waals surface area contributed by atoms with Gasteiger partial charge in [-0.1, -0.05) is 18.2 Å². The van der Waals surface area contributed by atoms with Crippen molar-refractivity contribution in [3.63, 3.8) is 0 Å². The number of nitrogens with one attached hydrogen (secondary N) is 1. The summed E-state index contributed by atoms with van der Waals surface area (Å²) in [6, 6.07) is 19.8. The predicted octanol–water partition coefficient (Wildman–Crippen LogP) is 6.39. The summed E-state index contributed by atoms with van der Waals surface area (Å²) >= 11 is 1.87. The SMILES string of the molecule is Fc1ccc(-c2nc3n(c2-c2ccnc(NC4CCC4)n2)[C@H](CSc2ccccc2)CC3)cc1. The van der Waals surface area contributed by atoms with Gasteiger partial charge in [-0.25, -0.2) is 19.3 Å². The van der Waals surface area contributed by atoms with Crippen LogP contribution in [0.2, 0.25) is 0 Å². The summed E-state index contributed by atoms with van der Waals surface area (Å²) < 4.78 is 16.0. The molecule has 0 amide bonds. The minimum Gasteiger partial charge on any atom is -0.351 e. The number of imidazole rings is 1. The Morgan fingerprint density at radius 1 is 0.971 bits per heavy atom. The van der Waals surface area contributed by atoms with Crippen LogP contribution < -0.4 is 5.32 Å². The number of benzene rings is 2. The Labute approximate surface area is 202 Å². The van der Waals surface area contributed by atoms with Gasteiger partial charge in [-0.15, -0.1) is 11.8 Å². The van der Waals surface area contributed by atoms with Crippen LogP contribution in [0, 0.1) is 5.82 Å². The van der Waals surface area contributed by atoms with E-state index in [0.29, 0.717) is 18.0 Å². The number of anilines is 1. The maximum absolute atomic E-state index is 13.7. The van der Waals surface area contributed by atoms with Gasteiger partial charge in [0.1, 0.15) is 11.6 Å². The van der Waals surface area contributed by atoms with Gasteiger partial charge >= 0.3 is 0 Å². The van der Waals surface area contributed by atoms with Crippen molar-refractivity contribution in [3.05, 3.63) is 78.5 Å². The molecule has 172 valence electrons. The highest BCUT2D eigenvalue weighted by Crippen LogP contribution is 2.41. The summed E-state index contributed by atoms with van der Waals surface area (Å²) in [7, 11) is 0. The molecule has 0 bridgehead atoms. The molecule has 7 heteroatoms. The van der Waals surface area contributed by atoms with E-state index in [2.05, 4.69) is 39.1 Å². The summed E-state index contributed by atoms with van der Waals surface area (Å²) in [5.41, 5.74) is 3.61. The van der Waals surface area contributed by atoms with Crippen LogP contribution in [0.1, 0.15) is 37.5 Å². The molecule has 1 atom stereocenters. The maximum Gasteiger partial charge on any atom is 0.223 e. The molecule has 0 saturated heterocycles. The van der Waals surface area contributed by atoms with Crippen molar-refractivity contribution in [2.24, 2.45) is 0 Å². The highest BCUT2D eigenvalue weighted by Gasteiger charge is 2.31. The molecule has 2 aromatic heterocycles. The van der Waals surface area contributed by atoms with E-state index >= 15 is 0 Å². The average molecular weight is 472 g/mol. The van der Waals surface area contributed by atoms with E-state index < -0.39 is 0 Å². The zero-order valence-corrected chi connectivity index (χ0v) is 19.6. The Morgan fingerprint density at radius 3 is 2.56 bits per heavy atom. The number of hydrogen-bond donors (Lipinski definition) is 1. The van der Waals surface area contributed by atoms with E-state index in [1.165, 1.54) is 23.4 Å². The molecule has 0 unspecified atom stereocenters. The van der Waals surface area contributed by atoms with Crippen molar-refractivity contribution in [2.75, 3.05) is 11.1 Å². The Hall–Kier alpha value is -3.19. The third-order valence-corrected chi connectivity index (χ3v) is 7.85. The number of thioether (sulfide) groups is 1. The molecule has 2 aromatic carbocycles. The van der Waals surface area contributed by atoms with Gasteiger partial charge in [0.25, 0.3) is 0 Å². The first-order valence-electron chi connectivity index (χ1n) is 11.9. The predicted molar refractivity (Wildman–Crippen MR) is 134 cm³/mol. The zero-order valence-electron chi connectivity index (χ0n) is 18.8. The van der Waals surface area contributed by atoms with E-state index in [1.807, 2.05) is 30.1 Å². The molecule has 0 radical (unpaired) electrons. The molecular formula is C27H26FN5S. The Kier molecular flexibility index (Phi) is 5.79. The maximum atomic E-state index is 13.7. The van der Waals surface area contributed by atoms with Crippen molar-refractivity contribution in [3.8, 4) is 22.6 Å². The number of rotatable bonds is 7. The van der Waals surface area contributed by atoms with Gasteiger partial charge in [-0.05, 0) is 68.1 Å². The van der Waals surface area contributed by atoms with Crippen molar-refractivity contribution in [1.82, 2.24) is 19.5 Å². The zero-order chi connectivity index (χ0) is 22.9. The lowest BCUT2D eigenvalue weighted by Crippen LogP contribution is -2.28. The second-order valence-corrected chi connectivity index (χ2v) is 10.0. The number of nitrogens with zero attached hydrogens (tertiary/aromatic N) is 4. The first kappa shape index (κ1) is 21.4. The third-order valence-electron chi connectivity index (χ3n) is 6.69. The van der Waals surface area contributed by atoms with Crippen LogP contribution in [0.5, 0.6) is 0 Å². The first-order chi connectivity index (χ1) is 16.7. The fourth-order valence-corrected chi connectivity index (χ4v) is 5.74. The molecule has 6 rings (SSSR count). The molecule has 1 N–H and O–H groups in total. The van der Waals surface area contributed by atoms with Gasteiger partial charge in [-0.2, -0.15) is 0 Å². The minimum atomic E-state index is -0.247. The number of fused-ring (bicyclic) bond motifs is 1. The number of aromatic nitrogens is 4. The Balaban J connectivity index is 1.40. The fraction of sp³-hybridized carbons (Fsp3) is 0.296. The second-order valence-electron chi connectivity index (χ2n) is 8.96. The number of hydrogen-bond acceptors (Lipinski definition) is 5. The van der Waals surface area contributed by atoms with E-state index in [0.717, 1.165) is 59.9 Å². The van der Waals surface area contributed by atoms with Gasteiger partial charge in [0.15, 0.2) is 0 Å². The second kappa shape index (κ2) is 9.22. The van der Waals surface area contributed by atoms with E-state index in [9.17, 15) is 4.39 Å². The van der Waals surface area contributed by atoms with Crippen LogP contribution >= 0.6 is 11.8 Å². The molecule has 1 aliphatic heterocycles. The van der Waals surface area contributed by atoms with E-state index in [1.54, 1.807) is 12.1 Å². The third kappa shape index (κ3) is 4.20. The topological polar surface area (TPSA) is 55.6 Å².